The normalized spacial score (nSPS) is 12.9. The van der Waals surface area contributed by atoms with E-state index in [1.54, 1.807) is 18.6 Å². The predicted octanol–water partition coefficient (Wildman–Crippen LogP) is 4.72. The molecule has 11 heteroatoms. The number of nitrogens with one attached hydrogen (secondary N) is 3. The summed E-state index contributed by atoms with van der Waals surface area (Å²) in [6.45, 7) is 7.92. The first kappa shape index (κ1) is 26.1. The van der Waals surface area contributed by atoms with Crippen LogP contribution in [0.2, 0.25) is 0 Å². The van der Waals surface area contributed by atoms with Crippen LogP contribution in [0.25, 0.3) is 32.6 Å². The number of aliphatic carboxylic acids is 1. The van der Waals surface area contributed by atoms with E-state index in [9.17, 15) is 14.7 Å². The number of hydrogen-bond acceptors (Lipinski definition) is 8. The van der Waals surface area contributed by atoms with Gasteiger partial charge in [-0.2, -0.15) is 0 Å². The van der Waals surface area contributed by atoms with Crippen molar-refractivity contribution >= 4 is 38.7 Å². The number of pyridine rings is 1. The first-order valence-corrected chi connectivity index (χ1v) is 12.8. The van der Waals surface area contributed by atoms with E-state index in [1.807, 2.05) is 58.0 Å². The summed E-state index contributed by atoms with van der Waals surface area (Å²) < 4.78 is 0.901. The van der Waals surface area contributed by atoms with Crippen LogP contribution in [0.3, 0.4) is 0 Å². The van der Waals surface area contributed by atoms with Crippen molar-refractivity contribution in [1.82, 2.24) is 30.6 Å². The summed E-state index contributed by atoms with van der Waals surface area (Å²) in [4.78, 5) is 41.8. The van der Waals surface area contributed by atoms with Crippen LogP contribution in [-0.2, 0) is 4.79 Å². The molecule has 4 N–H and O–H groups in total. The molecule has 2 atom stereocenters. The molecule has 2 amide bonds. The monoisotopic (exact) mass is 519 g/mol. The maximum atomic E-state index is 12.0. The van der Waals surface area contributed by atoms with Crippen molar-refractivity contribution in [2.45, 2.75) is 39.8 Å². The average Bonchev–Trinajstić information content (AvgIpc) is 3.29. The van der Waals surface area contributed by atoms with Crippen molar-refractivity contribution in [3.05, 3.63) is 54.7 Å². The zero-order valence-electron chi connectivity index (χ0n) is 21.0. The highest BCUT2D eigenvalue weighted by Crippen LogP contribution is 2.38. The lowest BCUT2D eigenvalue weighted by atomic mass is 10.0. The Morgan fingerprint density at radius 2 is 1.81 bits per heavy atom. The Labute approximate surface area is 218 Å². The van der Waals surface area contributed by atoms with Gasteiger partial charge in [-0.1, -0.05) is 31.3 Å². The highest BCUT2D eigenvalue weighted by atomic mass is 32.1. The quantitative estimate of drug-likeness (QED) is 0.249. The first-order chi connectivity index (χ1) is 17.8. The summed E-state index contributed by atoms with van der Waals surface area (Å²) in [7, 11) is 0. The minimum absolute atomic E-state index is 0.0819. The van der Waals surface area contributed by atoms with Gasteiger partial charge in [-0.05, 0) is 49.6 Å². The molecule has 192 valence electrons. The molecule has 0 spiro atoms. The van der Waals surface area contributed by atoms with Gasteiger partial charge in [0.15, 0.2) is 5.13 Å². The molecule has 4 rings (SSSR count). The van der Waals surface area contributed by atoms with Crippen LogP contribution in [-0.4, -0.2) is 49.6 Å². The van der Waals surface area contributed by atoms with Crippen LogP contribution >= 0.6 is 11.3 Å². The number of thiazole rings is 1. The van der Waals surface area contributed by atoms with Crippen LogP contribution in [0.1, 0.15) is 39.6 Å². The lowest BCUT2D eigenvalue weighted by molar-refractivity contribution is -0.140. The van der Waals surface area contributed by atoms with E-state index in [2.05, 4.69) is 35.9 Å². The van der Waals surface area contributed by atoms with Crippen molar-refractivity contribution in [3.8, 4) is 22.4 Å². The molecule has 3 aromatic heterocycles. The van der Waals surface area contributed by atoms with Gasteiger partial charge in [0.25, 0.3) is 0 Å². The molecule has 0 radical (unpaired) electrons. The molecule has 1 aromatic carbocycles. The fraction of sp³-hybridized carbons (Fsp3) is 0.308. The number of urea groups is 1. The van der Waals surface area contributed by atoms with Crippen LogP contribution < -0.4 is 16.0 Å². The smallest absolute Gasteiger partial charge is 0.321 e. The molecule has 0 unspecified atom stereocenters. The van der Waals surface area contributed by atoms with Crippen LogP contribution in [0.4, 0.5) is 9.93 Å². The highest BCUT2D eigenvalue weighted by molar-refractivity contribution is 7.22. The summed E-state index contributed by atoms with van der Waals surface area (Å²) in [6, 6.07) is 8.29. The molecule has 0 fully saturated rings. The number of amides is 2. The summed E-state index contributed by atoms with van der Waals surface area (Å²) in [5, 5.41) is 18.5. The number of rotatable bonds is 9. The van der Waals surface area contributed by atoms with E-state index >= 15 is 0 Å². The fourth-order valence-corrected chi connectivity index (χ4v) is 4.83. The van der Waals surface area contributed by atoms with Gasteiger partial charge in [0, 0.05) is 36.3 Å². The third-order valence-electron chi connectivity index (χ3n) is 5.74. The van der Waals surface area contributed by atoms with E-state index in [0.717, 1.165) is 32.6 Å². The van der Waals surface area contributed by atoms with Crippen LogP contribution in [0.5, 0.6) is 0 Å². The second kappa shape index (κ2) is 11.4. The van der Waals surface area contributed by atoms with E-state index < -0.39 is 12.0 Å². The van der Waals surface area contributed by atoms with Crippen molar-refractivity contribution in [3.63, 3.8) is 0 Å². The fourth-order valence-electron chi connectivity index (χ4n) is 3.87. The molecule has 10 nitrogen and oxygen atoms in total. The number of nitrogens with zero attached hydrogens (tertiary/aromatic N) is 4. The maximum Gasteiger partial charge on any atom is 0.321 e. The van der Waals surface area contributed by atoms with Crippen LogP contribution in [0.15, 0.2) is 48.9 Å². The summed E-state index contributed by atoms with van der Waals surface area (Å²) in [5.41, 5.74) is 4.01. The minimum atomic E-state index is -0.905. The second-order valence-electron chi connectivity index (χ2n) is 8.87. The number of carbonyl (C=O) groups is 2. The molecule has 0 saturated carbocycles. The Hall–Kier alpha value is -3.96. The lowest BCUT2D eigenvalue weighted by Gasteiger charge is -2.22. The van der Waals surface area contributed by atoms with E-state index in [1.165, 1.54) is 11.3 Å². The molecule has 0 aliphatic carbocycles. The molecule has 4 aromatic rings. The number of carbonyl (C=O) groups excluding carboxylic acids is 1. The average molecular weight is 520 g/mol. The van der Waals surface area contributed by atoms with Gasteiger partial charge in [-0.15, -0.1) is 0 Å². The molecular weight excluding hydrogens is 490 g/mol. The number of anilines is 1. The molecule has 0 aliphatic rings. The molecule has 3 heterocycles. The molecule has 0 aliphatic heterocycles. The summed E-state index contributed by atoms with van der Waals surface area (Å²) >= 11 is 1.38. The van der Waals surface area contributed by atoms with Gasteiger partial charge in [-0.25, -0.2) is 19.7 Å². The number of carboxylic acids is 1. The molecule has 0 bridgehead atoms. The Balaban J connectivity index is 1.68. The van der Waals surface area contributed by atoms with Crippen molar-refractivity contribution in [2.75, 3.05) is 11.9 Å². The van der Waals surface area contributed by atoms with Crippen molar-refractivity contribution < 1.29 is 14.7 Å². The number of fused-ring (bicyclic) bond motifs is 1. The lowest BCUT2D eigenvalue weighted by Crippen LogP contribution is -2.42. The summed E-state index contributed by atoms with van der Waals surface area (Å²) in [6.07, 6.45) is 5.17. The van der Waals surface area contributed by atoms with E-state index in [-0.39, 0.29) is 18.0 Å². The highest BCUT2D eigenvalue weighted by Gasteiger charge is 2.24. The minimum Gasteiger partial charge on any atom is -0.480 e. The number of hydrogen-bond donors (Lipinski definition) is 4. The van der Waals surface area contributed by atoms with Gasteiger partial charge < -0.3 is 10.4 Å². The predicted molar refractivity (Wildman–Crippen MR) is 144 cm³/mol. The Morgan fingerprint density at radius 3 is 2.43 bits per heavy atom. The van der Waals surface area contributed by atoms with Gasteiger partial charge in [-0.3, -0.25) is 20.4 Å². The molecular formula is C26H29N7O3S. The Kier molecular flexibility index (Phi) is 8.04. The van der Waals surface area contributed by atoms with Gasteiger partial charge in [0.05, 0.1) is 22.0 Å². The zero-order chi connectivity index (χ0) is 26.5. The number of benzene rings is 1. The topological polar surface area (TPSA) is 142 Å². The van der Waals surface area contributed by atoms with Crippen LogP contribution in [0, 0.1) is 5.92 Å². The molecule has 37 heavy (non-hydrogen) atoms. The number of carboxylic acid groups (broad SMARTS) is 1. The maximum absolute atomic E-state index is 12.0. The van der Waals surface area contributed by atoms with E-state index in [4.69, 9.17) is 0 Å². The SMILES string of the molecule is CCNC(=O)Nc1nc2cc(-c3cnc([C@H](C)N[C@@H](C(=O)O)C(C)C)nc3)cc(-c3ccccn3)c2s1. The zero-order valence-corrected chi connectivity index (χ0v) is 21.8. The third-order valence-corrected chi connectivity index (χ3v) is 6.76. The first-order valence-electron chi connectivity index (χ1n) is 12.0. The third kappa shape index (κ3) is 6.07. The largest absolute Gasteiger partial charge is 0.480 e. The second-order valence-corrected chi connectivity index (χ2v) is 9.87. The van der Waals surface area contributed by atoms with Gasteiger partial charge in [0.1, 0.15) is 11.9 Å². The Bertz CT molecular complexity index is 1390. The summed E-state index contributed by atoms with van der Waals surface area (Å²) in [5.74, 6) is -0.483. The van der Waals surface area contributed by atoms with Crippen molar-refractivity contribution in [2.24, 2.45) is 5.92 Å². The molecule has 0 saturated heterocycles. The number of aromatic nitrogens is 4. The van der Waals surface area contributed by atoms with Gasteiger partial charge in [0.2, 0.25) is 0 Å². The standard InChI is InChI=1S/C26H29N7O3S/c1-5-27-25(36)33-26-32-20-11-16(10-18(22(20)37-26)19-8-6-7-9-28-19)17-12-29-23(30-13-17)15(4)31-21(14(2)3)24(34)35/h6-15,21,31H,5H2,1-4H3,(H,34,35)(H2,27,32,33,36)/t15-,21+/m0/s1. The van der Waals surface area contributed by atoms with E-state index in [0.29, 0.717) is 17.5 Å². The van der Waals surface area contributed by atoms with Crippen molar-refractivity contribution in [1.29, 1.82) is 0 Å². The Morgan fingerprint density at radius 1 is 1.05 bits per heavy atom. The van der Waals surface area contributed by atoms with Gasteiger partial charge >= 0.3 is 12.0 Å².